The second-order valence-electron chi connectivity index (χ2n) is 1.34. The van der Waals surface area contributed by atoms with Gasteiger partial charge in [0.15, 0.2) is 0 Å². The predicted molar refractivity (Wildman–Crippen MR) is 37.2 cm³/mol. The van der Waals surface area contributed by atoms with Crippen molar-refractivity contribution in [1.29, 1.82) is 0 Å². The summed E-state index contributed by atoms with van der Waals surface area (Å²) in [6.45, 7) is 2.11. The van der Waals surface area contributed by atoms with Crippen LogP contribution in [0.5, 0.6) is 0 Å². The van der Waals surface area contributed by atoms with E-state index in [4.69, 9.17) is 11.6 Å². The van der Waals surface area contributed by atoms with E-state index in [1.54, 1.807) is 6.92 Å². The minimum Gasteiger partial charge on any atom is -0.344 e. The molecule has 0 spiro atoms. The molecule has 0 aromatic heterocycles. The van der Waals surface area contributed by atoms with Crippen molar-refractivity contribution >= 4 is 17.5 Å². The molecule has 0 heterocycles. The van der Waals surface area contributed by atoms with Crippen LogP contribution in [0.15, 0.2) is 0 Å². The van der Waals surface area contributed by atoms with Gasteiger partial charge in [-0.15, -0.1) is 17.5 Å². The first-order valence-corrected chi connectivity index (χ1v) is 3.07. The predicted octanol–water partition coefficient (Wildman–Crippen LogP) is 0.365. The summed E-state index contributed by atoms with van der Waals surface area (Å²) in [4.78, 5) is 10.4. The SMILES string of the molecule is CC#CCNC(=O)CCl. The summed E-state index contributed by atoms with van der Waals surface area (Å²) in [5.74, 6) is 5.14. The van der Waals surface area contributed by atoms with E-state index in [-0.39, 0.29) is 11.8 Å². The van der Waals surface area contributed by atoms with Crippen LogP contribution in [-0.2, 0) is 4.79 Å². The highest BCUT2D eigenvalue weighted by Gasteiger charge is 1.91. The molecule has 0 rings (SSSR count). The average molecular weight is 146 g/mol. The number of carbonyl (C=O) groups excluding carboxylic acids is 1. The lowest BCUT2D eigenvalue weighted by molar-refractivity contribution is -0.118. The maximum absolute atomic E-state index is 10.4. The maximum Gasteiger partial charge on any atom is 0.235 e. The number of hydrogen-bond donors (Lipinski definition) is 1. The first kappa shape index (κ1) is 8.32. The maximum atomic E-state index is 10.4. The number of carbonyl (C=O) groups is 1. The molecule has 9 heavy (non-hydrogen) atoms. The van der Waals surface area contributed by atoms with Gasteiger partial charge in [0.05, 0.1) is 6.54 Å². The Morgan fingerprint density at radius 2 is 2.44 bits per heavy atom. The molecule has 1 N–H and O–H groups in total. The van der Waals surface area contributed by atoms with Gasteiger partial charge in [0.25, 0.3) is 0 Å². The number of nitrogens with one attached hydrogen (secondary N) is 1. The van der Waals surface area contributed by atoms with Crippen LogP contribution in [0.2, 0.25) is 0 Å². The van der Waals surface area contributed by atoms with Gasteiger partial charge in [-0.2, -0.15) is 0 Å². The highest BCUT2D eigenvalue weighted by molar-refractivity contribution is 6.27. The van der Waals surface area contributed by atoms with Crippen molar-refractivity contribution in [3.05, 3.63) is 0 Å². The minimum absolute atomic E-state index is 0.00535. The van der Waals surface area contributed by atoms with Gasteiger partial charge >= 0.3 is 0 Å². The zero-order chi connectivity index (χ0) is 7.11. The van der Waals surface area contributed by atoms with Gasteiger partial charge in [-0.25, -0.2) is 0 Å². The molecule has 50 valence electrons. The molecule has 0 aliphatic rings. The second-order valence-corrected chi connectivity index (χ2v) is 1.60. The van der Waals surface area contributed by atoms with Crippen molar-refractivity contribution < 1.29 is 4.79 Å². The van der Waals surface area contributed by atoms with Crippen LogP contribution in [0.25, 0.3) is 0 Å². The molecule has 0 unspecified atom stereocenters. The van der Waals surface area contributed by atoms with Crippen LogP contribution in [0.3, 0.4) is 0 Å². The zero-order valence-electron chi connectivity index (χ0n) is 5.20. The lowest BCUT2D eigenvalue weighted by Crippen LogP contribution is -2.24. The van der Waals surface area contributed by atoms with Crippen LogP contribution >= 0.6 is 11.6 Å². The van der Waals surface area contributed by atoms with Gasteiger partial charge in [0.1, 0.15) is 5.88 Å². The molecule has 0 saturated carbocycles. The van der Waals surface area contributed by atoms with Crippen molar-refractivity contribution in [1.82, 2.24) is 5.32 Å². The fourth-order valence-electron chi connectivity index (χ4n) is 0.278. The molecular formula is C6H8ClNO. The number of halogens is 1. The summed E-state index contributed by atoms with van der Waals surface area (Å²) < 4.78 is 0. The highest BCUT2D eigenvalue weighted by atomic mass is 35.5. The summed E-state index contributed by atoms with van der Waals surface area (Å²) in [6, 6.07) is 0. The molecule has 3 heteroatoms. The molecule has 0 aliphatic carbocycles. The van der Waals surface area contributed by atoms with Crippen molar-refractivity contribution in [2.24, 2.45) is 0 Å². The number of alkyl halides is 1. The third-order valence-electron chi connectivity index (χ3n) is 0.672. The number of rotatable bonds is 2. The van der Waals surface area contributed by atoms with E-state index >= 15 is 0 Å². The Morgan fingerprint density at radius 1 is 1.78 bits per heavy atom. The van der Waals surface area contributed by atoms with Gasteiger partial charge in [-0.05, 0) is 6.92 Å². The first-order valence-electron chi connectivity index (χ1n) is 2.53. The first-order chi connectivity index (χ1) is 4.31. The summed E-state index contributed by atoms with van der Waals surface area (Å²) in [5, 5.41) is 2.49. The Kier molecular flexibility index (Phi) is 5.04. The lowest BCUT2D eigenvalue weighted by Gasteiger charge is -1.92. The highest BCUT2D eigenvalue weighted by Crippen LogP contribution is 1.71. The van der Waals surface area contributed by atoms with E-state index in [2.05, 4.69) is 17.2 Å². The van der Waals surface area contributed by atoms with E-state index in [0.29, 0.717) is 6.54 Å². The molecule has 0 radical (unpaired) electrons. The fourth-order valence-corrected chi connectivity index (χ4v) is 0.373. The van der Waals surface area contributed by atoms with Crippen molar-refractivity contribution in [2.75, 3.05) is 12.4 Å². The van der Waals surface area contributed by atoms with Crippen molar-refractivity contribution in [3.63, 3.8) is 0 Å². The summed E-state index contributed by atoms with van der Waals surface area (Å²) in [6.07, 6.45) is 0. The van der Waals surface area contributed by atoms with Crippen LogP contribution in [0, 0.1) is 11.8 Å². The van der Waals surface area contributed by atoms with Crippen LogP contribution in [-0.4, -0.2) is 18.3 Å². The summed E-state index contributed by atoms with van der Waals surface area (Å²) >= 11 is 5.17. The molecule has 1 amide bonds. The minimum atomic E-state index is -0.181. The Morgan fingerprint density at radius 3 is 2.89 bits per heavy atom. The molecule has 0 aromatic rings. The van der Waals surface area contributed by atoms with Gasteiger partial charge in [0, 0.05) is 0 Å². The van der Waals surface area contributed by atoms with Gasteiger partial charge in [-0.1, -0.05) is 5.92 Å². The van der Waals surface area contributed by atoms with E-state index in [9.17, 15) is 4.79 Å². The Bertz CT molecular complexity index is 145. The van der Waals surface area contributed by atoms with Crippen molar-refractivity contribution in [2.45, 2.75) is 6.92 Å². The van der Waals surface area contributed by atoms with Crippen molar-refractivity contribution in [3.8, 4) is 11.8 Å². The van der Waals surface area contributed by atoms with E-state index in [1.165, 1.54) is 0 Å². The normalized spacial score (nSPS) is 7.33. The van der Waals surface area contributed by atoms with Crippen LogP contribution < -0.4 is 5.32 Å². The monoisotopic (exact) mass is 145 g/mol. The molecule has 0 fully saturated rings. The van der Waals surface area contributed by atoms with Gasteiger partial charge in [-0.3, -0.25) is 4.79 Å². The molecule has 0 bridgehead atoms. The zero-order valence-corrected chi connectivity index (χ0v) is 5.96. The Labute approximate surface area is 59.6 Å². The molecule has 0 aromatic carbocycles. The quantitative estimate of drug-likeness (QED) is 0.442. The van der Waals surface area contributed by atoms with E-state index < -0.39 is 0 Å². The topological polar surface area (TPSA) is 29.1 Å². The van der Waals surface area contributed by atoms with Crippen LogP contribution in [0.4, 0.5) is 0 Å². The fraction of sp³-hybridized carbons (Fsp3) is 0.500. The largest absolute Gasteiger partial charge is 0.344 e. The summed E-state index contributed by atoms with van der Waals surface area (Å²) in [5.41, 5.74) is 0. The summed E-state index contributed by atoms with van der Waals surface area (Å²) in [7, 11) is 0. The smallest absolute Gasteiger partial charge is 0.235 e. The third kappa shape index (κ3) is 5.19. The number of hydrogen-bond acceptors (Lipinski definition) is 1. The van der Waals surface area contributed by atoms with Gasteiger partial charge < -0.3 is 5.32 Å². The van der Waals surface area contributed by atoms with E-state index in [0.717, 1.165) is 0 Å². The third-order valence-corrected chi connectivity index (χ3v) is 0.915. The van der Waals surface area contributed by atoms with Gasteiger partial charge in [0.2, 0.25) is 5.91 Å². The molecule has 2 nitrogen and oxygen atoms in total. The Balaban J connectivity index is 3.24. The average Bonchev–Trinajstić information content (AvgIpc) is 1.89. The molecule has 0 aliphatic heterocycles. The Hall–Kier alpha value is -0.680. The standard InChI is InChI=1S/C6H8ClNO/c1-2-3-4-8-6(9)5-7/h4-5H2,1H3,(H,8,9). The second kappa shape index (κ2) is 5.46. The number of amides is 1. The van der Waals surface area contributed by atoms with E-state index in [1.807, 2.05) is 0 Å². The molecule has 0 atom stereocenters. The van der Waals surface area contributed by atoms with Crippen LogP contribution in [0.1, 0.15) is 6.92 Å². The molecule has 0 saturated heterocycles. The lowest BCUT2D eigenvalue weighted by atomic mass is 10.5. The molecular weight excluding hydrogens is 138 g/mol.